The Morgan fingerprint density at radius 1 is 0.325 bits per heavy atom. The van der Waals surface area contributed by atoms with Crippen LogP contribution in [0.1, 0.15) is 0 Å². The largest absolute Gasteiger partial charge is 2.00 e. The molecular formula is C14H3F25Mg. The van der Waals surface area contributed by atoms with E-state index in [1.165, 1.54) is 0 Å². The second kappa shape index (κ2) is 11.1. The number of hydrogen-bond donors (Lipinski definition) is 0. The summed E-state index contributed by atoms with van der Waals surface area (Å²) in [7, 11) is 0. The van der Waals surface area contributed by atoms with Crippen LogP contribution in [0.2, 0.25) is 0 Å². The molecule has 0 bridgehead atoms. The van der Waals surface area contributed by atoms with E-state index in [0.29, 0.717) is 0 Å². The van der Waals surface area contributed by atoms with Crippen molar-refractivity contribution in [1.29, 1.82) is 0 Å². The molecule has 40 heavy (non-hydrogen) atoms. The molecule has 0 saturated heterocycles. The summed E-state index contributed by atoms with van der Waals surface area (Å²) in [6.45, 7) is 7.00. The molecule has 0 amide bonds. The fourth-order valence-corrected chi connectivity index (χ4v) is 1.87. The smallest absolute Gasteiger partial charge is 0.521 e. The average Bonchev–Trinajstić information content (AvgIpc) is 2.72. The zero-order chi connectivity index (χ0) is 33.1. The van der Waals surface area contributed by atoms with Gasteiger partial charge < -0.3 is 15.4 Å². The third-order valence-electron chi connectivity index (χ3n) is 4.14. The third kappa shape index (κ3) is 5.23. The maximum atomic E-state index is 13.3. The van der Waals surface area contributed by atoms with Crippen LogP contribution in [-0.2, 0) is 0 Å². The van der Waals surface area contributed by atoms with Crippen LogP contribution in [0.25, 0.3) is 0 Å². The van der Waals surface area contributed by atoms with Crippen molar-refractivity contribution in [3.05, 3.63) is 19.6 Å². The molecule has 0 aromatic carbocycles. The van der Waals surface area contributed by atoms with Gasteiger partial charge in [-0.25, -0.2) is 8.78 Å². The molecule has 0 aromatic rings. The van der Waals surface area contributed by atoms with E-state index in [9.17, 15) is 110 Å². The molecule has 26 heteroatoms. The van der Waals surface area contributed by atoms with Gasteiger partial charge in [0.1, 0.15) is 0 Å². The Morgan fingerprint density at radius 2 is 0.475 bits per heavy atom. The molecule has 236 valence electrons. The van der Waals surface area contributed by atoms with Crippen LogP contribution in [0.15, 0.2) is 6.58 Å². The van der Waals surface area contributed by atoms with Crippen molar-refractivity contribution in [2.24, 2.45) is 0 Å². The van der Waals surface area contributed by atoms with Crippen molar-refractivity contribution in [2.75, 3.05) is 0 Å². The van der Waals surface area contributed by atoms with Crippen LogP contribution in [0.4, 0.5) is 110 Å². The predicted octanol–water partition coefficient (Wildman–Crippen LogP) is 8.55. The molecule has 0 atom stereocenters. The second-order valence-electron chi connectivity index (χ2n) is 6.50. The average molecular weight is 670 g/mol. The van der Waals surface area contributed by atoms with Crippen LogP contribution in [0.5, 0.6) is 0 Å². The van der Waals surface area contributed by atoms with Gasteiger partial charge in [-0.05, 0) is 0 Å². The maximum absolute atomic E-state index is 13.3. The Labute approximate surface area is 218 Å². The fraction of sp³-hybridized carbons (Fsp3) is 0.786. The summed E-state index contributed by atoms with van der Waals surface area (Å²) in [6.07, 6.45) is -13.5. The minimum absolute atomic E-state index is 0. The van der Waals surface area contributed by atoms with E-state index in [-0.39, 0.29) is 23.1 Å². The van der Waals surface area contributed by atoms with Crippen LogP contribution >= 0.6 is 0 Å². The molecule has 0 rings (SSSR count). The Bertz CT molecular complexity index is 850. The predicted molar refractivity (Wildman–Crippen MR) is 76.7 cm³/mol. The first-order valence-corrected chi connectivity index (χ1v) is 7.88. The van der Waals surface area contributed by atoms with E-state index in [1.54, 1.807) is 0 Å². The standard InChI is InChI=1S/C12F25.C2H3.Mg/c13-1(14)2(15,16)3(17,18)4(19,20)5(21,22)6(23,24)7(25,26)8(27,28)9(29,30)10(31,32)11(33,34)12(35,36)37;1-2;/h;1H,2H2;/q2*-1;+2. The van der Waals surface area contributed by atoms with Gasteiger partial charge in [0.15, 0.2) is 0 Å². The molecule has 0 spiro atoms. The van der Waals surface area contributed by atoms with E-state index < -0.39 is 71.8 Å². The van der Waals surface area contributed by atoms with Gasteiger partial charge in [0, 0.05) is 0 Å². The molecule has 0 nitrogen and oxygen atoms in total. The molecule has 0 aliphatic heterocycles. The van der Waals surface area contributed by atoms with Gasteiger partial charge in [-0.2, -0.15) is 92.2 Å². The van der Waals surface area contributed by atoms with Crippen molar-refractivity contribution in [3.63, 3.8) is 0 Å². The van der Waals surface area contributed by atoms with Crippen molar-refractivity contribution >= 4 is 23.1 Å². The minimum atomic E-state index is -9.55. The monoisotopic (exact) mass is 670 g/mol. The molecule has 0 aromatic heterocycles. The van der Waals surface area contributed by atoms with Crippen molar-refractivity contribution in [1.82, 2.24) is 0 Å². The minimum Gasteiger partial charge on any atom is -0.521 e. The topological polar surface area (TPSA) is 0 Å². The van der Waals surface area contributed by atoms with Crippen LogP contribution in [0.3, 0.4) is 0 Å². The fourth-order valence-electron chi connectivity index (χ4n) is 1.87. The summed E-state index contributed by atoms with van der Waals surface area (Å²) in [5, 5.41) is 0. The van der Waals surface area contributed by atoms with Gasteiger partial charge in [-0.3, -0.25) is 6.58 Å². The zero-order valence-corrected chi connectivity index (χ0v) is 18.9. The van der Waals surface area contributed by atoms with Crippen LogP contribution in [-0.4, -0.2) is 88.5 Å². The quantitative estimate of drug-likeness (QED) is 0.124. The summed E-state index contributed by atoms with van der Waals surface area (Å²) in [6, 6.07) is 0. The summed E-state index contributed by atoms with van der Waals surface area (Å²) >= 11 is 0. The first-order chi connectivity index (χ1) is 16.4. The molecule has 0 aliphatic carbocycles. The Hall–Kier alpha value is -1.24. The maximum Gasteiger partial charge on any atom is 2.00 e. The zero-order valence-electron chi connectivity index (χ0n) is 17.4. The molecule has 0 unspecified atom stereocenters. The van der Waals surface area contributed by atoms with Crippen molar-refractivity contribution < 1.29 is 110 Å². The number of halogens is 25. The molecule has 0 heterocycles. The summed E-state index contributed by atoms with van der Waals surface area (Å²) in [5.41, 5.74) is 0. The summed E-state index contributed by atoms with van der Waals surface area (Å²) in [5.74, 6) is -90.9. The van der Waals surface area contributed by atoms with Gasteiger partial charge in [-0.15, -0.1) is 0 Å². The van der Waals surface area contributed by atoms with Gasteiger partial charge in [-0.1, -0.05) is 0 Å². The second-order valence-corrected chi connectivity index (χ2v) is 6.50. The number of hydrogen-bond acceptors (Lipinski definition) is 0. The summed E-state index contributed by atoms with van der Waals surface area (Å²) < 4.78 is 320. The summed E-state index contributed by atoms with van der Waals surface area (Å²) in [4.78, 5) is 0. The number of alkyl halides is 23. The molecule has 0 fully saturated rings. The van der Waals surface area contributed by atoms with E-state index in [1.807, 2.05) is 0 Å². The van der Waals surface area contributed by atoms with Gasteiger partial charge >= 0.3 is 82.5 Å². The normalized spacial score (nSPS) is 15.8. The first kappa shape index (κ1) is 43.2. The van der Waals surface area contributed by atoms with Gasteiger partial charge in [0.05, 0.1) is 6.43 Å². The third-order valence-corrected chi connectivity index (χ3v) is 4.14. The first-order valence-electron chi connectivity index (χ1n) is 7.88. The van der Waals surface area contributed by atoms with E-state index in [0.717, 1.165) is 0 Å². The van der Waals surface area contributed by atoms with Crippen molar-refractivity contribution in [3.8, 4) is 0 Å². The molecule has 0 radical (unpaired) electrons. The van der Waals surface area contributed by atoms with Crippen LogP contribution < -0.4 is 0 Å². The van der Waals surface area contributed by atoms with Crippen LogP contribution in [0, 0.1) is 13.0 Å². The molecular weight excluding hydrogens is 667 g/mol. The van der Waals surface area contributed by atoms with Gasteiger partial charge in [0.25, 0.3) is 5.92 Å². The Kier molecular flexibility index (Phi) is 12.0. The molecule has 0 aliphatic rings. The van der Waals surface area contributed by atoms with E-state index in [4.69, 9.17) is 0 Å². The number of rotatable bonds is 10. The SMILES string of the molecule is F[C-](F)C(F)(F)C(F)(F)C(F)(F)C(F)(F)C(F)(F)C(F)(F)C(F)(F)C(F)(F)C(F)(F)C(F)(F)C(F)(F)F.[CH-]=C.[Mg+2]. The molecule has 0 saturated carbocycles. The molecule has 0 N–H and O–H groups in total. The Balaban J connectivity index is -0.00000445. The van der Waals surface area contributed by atoms with E-state index in [2.05, 4.69) is 13.2 Å². The van der Waals surface area contributed by atoms with Crippen molar-refractivity contribution in [2.45, 2.75) is 65.4 Å². The van der Waals surface area contributed by atoms with Gasteiger partial charge in [0.2, 0.25) is 0 Å². The Morgan fingerprint density at radius 3 is 0.625 bits per heavy atom. The van der Waals surface area contributed by atoms with E-state index >= 15 is 0 Å².